The molecule has 1 fully saturated rings. The van der Waals surface area contributed by atoms with Crippen LogP contribution in [0.1, 0.15) is 40.7 Å². The molecule has 0 amide bonds. The molecule has 2 atom stereocenters. The van der Waals surface area contributed by atoms with Crippen LogP contribution in [0.2, 0.25) is 0 Å². The second-order valence-corrected chi connectivity index (χ2v) is 5.94. The van der Waals surface area contributed by atoms with Gasteiger partial charge in [0.25, 0.3) is 0 Å². The van der Waals surface area contributed by atoms with E-state index < -0.39 is 17.9 Å². The first kappa shape index (κ1) is 16.5. The Labute approximate surface area is 130 Å². The molecule has 1 heterocycles. The Hall–Kier alpha value is -1.88. The van der Waals surface area contributed by atoms with Gasteiger partial charge in [0.05, 0.1) is 18.1 Å². The van der Waals surface area contributed by atoms with Crippen molar-refractivity contribution in [3.8, 4) is 0 Å². The normalized spacial score (nSPS) is 19.9. The molecule has 1 N–H and O–H groups in total. The molecule has 5 nitrogen and oxygen atoms in total. The molecule has 1 aliphatic rings. The van der Waals surface area contributed by atoms with E-state index >= 15 is 0 Å². The van der Waals surface area contributed by atoms with Gasteiger partial charge in [0.2, 0.25) is 0 Å². The maximum atomic E-state index is 12.2. The first-order valence-electron chi connectivity index (χ1n) is 7.63. The van der Waals surface area contributed by atoms with Gasteiger partial charge in [0, 0.05) is 6.54 Å². The number of carboxylic acids is 1. The van der Waals surface area contributed by atoms with E-state index in [1.54, 1.807) is 19.1 Å². The molecule has 2 rings (SSSR count). The number of carbonyl (C=O) groups is 2. The molecule has 0 bridgehead atoms. The summed E-state index contributed by atoms with van der Waals surface area (Å²) in [4.78, 5) is 26.2. The third-order valence-electron chi connectivity index (χ3n) is 4.20. The summed E-state index contributed by atoms with van der Waals surface area (Å²) in [6.07, 6.45) is 0.823. The van der Waals surface area contributed by atoms with Crippen molar-refractivity contribution in [1.29, 1.82) is 0 Å². The number of likely N-dealkylation sites (tertiary alicyclic amines) is 1. The molecule has 1 aromatic rings. The number of esters is 1. The Balaban J connectivity index is 2.43. The minimum absolute atomic E-state index is 0.0124. The summed E-state index contributed by atoms with van der Waals surface area (Å²) in [5, 5.41) is 9.71. The number of hydrogen-bond donors (Lipinski definition) is 1. The van der Waals surface area contributed by atoms with Crippen LogP contribution in [0.25, 0.3) is 0 Å². The van der Waals surface area contributed by atoms with E-state index in [0.717, 1.165) is 25.1 Å². The van der Waals surface area contributed by atoms with Gasteiger partial charge >= 0.3 is 11.9 Å². The Morgan fingerprint density at radius 1 is 1.45 bits per heavy atom. The van der Waals surface area contributed by atoms with Gasteiger partial charge in [0.1, 0.15) is 0 Å². The minimum atomic E-state index is -0.880. The quantitative estimate of drug-likeness (QED) is 0.845. The molecule has 0 aromatic heterocycles. The van der Waals surface area contributed by atoms with Crippen LogP contribution in [0.3, 0.4) is 0 Å². The van der Waals surface area contributed by atoms with E-state index in [9.17, 15) is 14.7 Å². The highest BCUT2D eigenvalue weighted by molar-refractivity contribution is 5.93. The zero-order valence-corrected chi connectivity index (χ0v) is 13.3. The van der Waals surface area contributed by atoms with Crippen molar-refractivity contribution in [3.63, 3.8) is 0 Å². The van der Waals surface area contributed by atoms with Gasteiger partial charge in [-0.2, -0.15) is 0 Å². The number of aliphatic carboxylic acids is 1. The number of hydrogen-bond acceptors (Lipinski definition) is 4. The van der Waals surface area contributed by atoms with Crippen LogP contribution in [0.4, 0.5) is 0 Å². The van der Waals surface area contributed by atoms with Crippen LogP contribution in [0, 0.1) is 12.8 Å². The summed E-state index contributed by atoms with van der Waals surface area (Å²) in [7, 11) is 1.99. The number of carboxylic acid groups (broad SMARTS) is 1. The Morgan fingerprint density at radius 2 is 2.18 bits per heavy atom. The first-order chi connectivity index (χ1) is 10.4. The number of nitrogens with zero attached hydrogens (tertiary/aromatic N) is 1. The van der Waals surface area contributed by atoms with Crippen LogP contribution in [0.5, 0.6) is 0 Å². The molecule has 2 unspecified atom stereocenters. The van der Waals surface area contributed by atoms with Crippen molar-refractivity contribution in [2.75, 3.05) is 26.7 Å². The zero-order valence-electron chi connectivity index (χ0n) is 13.3. The maximum Gasteiger partial charge on any atom is 0.338 e. The highest BCUT2D eigenvalue weighted by Crippen LogP contribution is 2.34. The number of aryl methyl sites for hydroxylation is 1. The minimum Gasteiger partial charge on any atom is -0.481 e. The number of ether oxygens (including phenoxy) is 1. The largest absolute Gasteiger partial charge is 0.481 e. The van der Waals surface area contributed by atoms with Crippen molar-refractivity contribution < 1.29 is 19.4 Å². The van der Waals surface area contributed by atoms with E-state index in [-0.39, 0.29) is 12.5 Å². The van der Waals surface area contributed by atoms with Crippen LogP contribution in [-0.2, 0) is 9.53 Å². The molecular weight excluding hydrogens is 282 g/mol. The SMILES string of the molecule is CCOC(=O)c1cc(C)ccc1C(C(=O)O)C1CCN(C)C1. The van der Waals surface area contributed by atoms with Crippen molar-refractivity contribution >= 4 is 11.9 Å². The van der Waals surface area contributed by atoms with E-state index in [0.29, 0.717) is 11.1 Å². The summed E-state index contributed by atoms with van der Waals surface area (Å²) in [6.45, 7) is 5.51. The van der Waals surface area contributed by atoms with Gasteiger partial charge in [0.15, 0.2) is 0 Å². The predicted molar refractivity (Wildman–Crippen MR) is 83.1 cm³/mol. The second-order valence-electron chi connectivity index (χ2n) is 5.94. The molecule has 120 valence electrons. The molecule has 5 heteroatoms. The average Bonchev–Trinajstić information content (AvgIpc) is 2.86. The predicted octanol–water partition coefficient (Wildman–Crippen LogP) is 2.29. The lowest BCUT2D eigenvalue weighted by atomic mass is 9.82. The van der Waals surface area contributed by atoms with E-state index in [2.05, 4.69) is 4.90 Å². The third-order valence-corrected chi connectivity index (χ3v) is 4.20. The van der Waals surface area contributed by atoms with Crippen molar-refractivity contribution in [1.82, 2.24) is 4.90 Å². The smallest absolute Gasteiger partial charge is 0.338 e. The van der Waals surface area contributed by atoms with Gasteiger partial charge in [-0.15, -0.1) is 0 Å². The molecule has 1 saturated heterocycles. The molecular formula is C17H23NO4. The number of benzene rings is 1. The highest BCUT2D eigenvalue weighted by Gasteiger charge is 2.36. The van der Waals surface area contributed by atoms with Crippen molar-refractivity contribution in [3.05, 3.63) is 34.9 Å². The number of rotatable bonds is 5. The lowest BCUT2D eigenvalue weighted by Gasteiger charge is -2.22. The van der Waals surface area contributed by atoms with Crippen molar-refractivity contribution in [2.45, 2.75) is 26.2 Å². The highest BCUT2D eigenvalue weighted by atomic mass is 16.5. The van der Waals surface area contributed by atoms with Crippen molar-refractivity contribution in [2.24, 2.45) is 5.92 Å². The van der Waals surface area contributed by atoms with Gasteiger partial charge in [-0.05, 0) is 51.4 Å². The fourth-order valence-electron chi connectivity index (χ4n) is 3.16. The summed E-state index contributed by atoms with van der Waals surface area (Å²) < 4.78 is 5.09. The summed E-state index contributed by atoms with van der Waals surface area (Å²) in [5.41, 5.74) is 1.86. The van der Waals surface area contributed by atoms with Crippen LogP contribution >= 0.6 is 0 Å². The molecule has 0 aliphatic carbocycles. The Morgan fingerprint density at radius 3 is 2.73 bits per heavy atom. The zero-order chi connectivity index (χ0) is 16.3. The van der Waals surface area contributed by atoms with Crippen LogP contribution < -0.4 is 0 Å². The van der Waals surface area contributed by atoms with Gasteiger partial charge < -0.3 is 14.7 Å². The molecule has 0 spiro atoms. The average molecular weight is 305 g/mol. The van der Waals surface area contributed by atoms with E-state index in [1.165, 1.54) is 0 Å². The van der Waals surface area contributed by atoms with Gasteiger partial charge in [-0.25, -0.2) is 4.79 Å². The lowest BCUT2D eigenvalue weighted by molar-refractivity contribution is -0.140. The second kappa shape index (κ2) is 6.92. The molecule has 1 aliphatic heterocycles. The first-order valence-corrected chi connectivity index (χ1v) is 7.63. The molecule has 0 saturated carbocycles. The summed E-state index contributed by atoms with van der Waals surface area (Å²) in [5.74, 6) is -1.99. The fraction of sp³-hybridized carbons (Fsp3) is 0.529. The third kappa shape index (κ3) is 3.47. The molecule has 22 heavy (non-hydrogen) atoms. The van der Waals surface area contributed by atoms with Gasteiger partial charge in [-0.1, -0.05) is 17.7 Å². The summed E-state index contributed by atoms with van der Waals surface area (Å²) >= 11 is 0. The van der Waals surface area contributed by atoms with Gasteiger partial charge in [-0.3, -0.25) is 4.79 Å². The standard InChI is InChI=1S/C17H23NO4/c1-4-22-17(21)14-9-11(2)5-6-13(14)15(16(19)20)12-7-8-18(3)10-12/h5-6,9,12,15H,4,7-8,10H2,1-3H3,(H,19,20). The monoisotopic (exact) mass is 305 g/mol. The van der Waals surface area contributed by atoms with E-state index in [4.69, 9.17) is 4.74 Å². The fourth-order valence-corrected chi connectivity index (χ4v) is 3.16. The molecule has 0 radical (unpaired) electrons. The maximum absolute atomic E-state index is 12.2. The Bertz CT molecular complexity index is 570. The Kier molecular flexibility index (Phi) is 5.19. The topological polar surface area (TPSA) is 66.8 Å². The molecule has 1 aromatic carbocycles. The summed E-state index contributed by atoms with van der Waals surface area (Å²) in [6, 6.07) is 5.34. The van der Waals surface area contributed by atoms with E-state index in [1.807, 2.05) is 20.0 Å². The lowest BCUT2D eigenvalue weighted by Crippen LogP contribution is -2.26. The van der Waals surface area contributed by atoms with Crippen LogP contribution in [-0.4, -0.2) is 48.7 Å². The van der Waals surface area contributed by atoms with Crippen LogP contribution in [0.15, 0.2) is 18.2 Å². The number of carbonyl (C=O) groups excluding carboxylic acids is 1.